The van der Waals surface area contributed by atoms with Crippen molar-refractivity contribution in [3.8, 4) is 16.8 Å². The van der Waals surface area contributed by atoms with E-state index in [1.165, 1.54) is 21.8 Å². The Hall–Kier alpha value is -3.03. The number of hydrogen-bond donors (Lipinski definition) is 0. The Morgan fingerprint density at radius 1 is 0.577 bits per heavy atom. The standard InChI is InChI=1S/C24H16ClN/c25-20-15-16-22-24(23(20)17-9-3-1-4-10-17)19-13-7-8-14-21(19)26(22)18-11-5-2-6-12-18/h1-16H. The van der Waals surface area contributed by atoms with E-state index >= 15 is 0 Å². The number of aromatic nitrogens is 1. The second kappa shape index (κ2) is 6.05. The molecule has 0 amide bonds. The van der Waals surface area contributed by atoms with Crippen molar-refractivity contribution >= 4 is 33.4 Å². The summed E-state index contributed by atoms with van der Waals surface area (Å²) >= 11 is 6.68. The van der Waals surface area contributed by atoms with Gasteiger partial charge >= 0.3 is 0 Å². The lowest BCUT2D eigenvalue weighted by molar-refractivity contribution is 1.18. The molecule has 0 saturated heterocycles. The Morgan fingerprint density at radius 2 is 1.23 bits per heavy atom. The fourth-order valence-corrected chi connectivity index (χ4v) is 4.04. The molecular weight excluding hydrogens is 338 g/mol. The first-order valence-electron chi connectivity index (χ1n) is 8.67. The maximum Gasteiger partial charge on any atom is 0.0548 e. The highest BCUT2D eigenvalue weighted by atomic mass is 35.5. The van der Waals surface area contributed by atoms with Gasteiger partial charge in [-0.1, -0.05) is 78.3 Å². The van der Waals surface area contributed by atoms with Crippen LogP contribution in [0.15, 0.2) is 97.1 Å². The van der Waals surface area contributed by atoms with Gasteiger partial charge in [-0.3, -0.25) is 0 Å². The quantitative estimate of drug-likeness (QED) is 0.319. The van der Waals surface area contributed by atoms with Gasteiger partial charge < -0.3 is 4.57 Å². The first-order valence-corrected chi connectivity index (χ1v) is 9.05. The van der Waals surface area contributed by atoms with E-state index < -0.39 is 0 Å². The van der Waals surface area contributed by atoms with Gasteiger partial charge in [0.05, 0.1) is 11.0 Å². The average molecular weight is 354 g/mol. The van der Waals surface area contributed by atoms with Crippen LogP contribution in [-0.4, -0.2) is 4.57 Å². The molecule has 1 heterocycles. The van der Waals surface area contributed by atoms with E-state index in [4.69, 9.17) is 11.6 Å². The molecule has 0 unspecified atom stereocenters. The summed E-state index contributed by atoms with van der Waals surface area (Å²) in [5.41, 5.74) is 5.74. The molecule has 1 aromatic heterocycles. The first kappa shape index (κ1) is 15.2. The van der Waals surface area contributed by atoms with Crippen molar-refractivity contribution in [2.45, 2.75) is 0 Å². The molecule has 0 spiro atoms. The molecular formula is C24H16ClN. The molecule has 0 radical (unpaired) electrons. The number of benzene rings is 4. The summed E-state index contributed by atoms with van der Waals surface area (Å²) in [6.45, 7) is 0. The van der Waals surface area contributed by atoms with E-state index in [-0.39, 0.29) is 0 Å². The fraction of sp³-hybridized carbons (Fsp3) is 0. The number of halogens is 1. The molecule has 2 heteroatoms. The molecule has 0 aliphatic rings. The summed E-state index contributed by atoms with van der Waals surface area (Å²) in [5, 5.41) is 3.19. The van der Waals surface area contributed by atoms with Gasteiger partial charge in [-0.25, -0.2) is 0 Å². The molecule has 1 nitrogen and oxygen atoms in total. The number of nitrogens with zero attached hydrogens (tertiary/aromatic N) is 1. The third-order valence-corrected chi connectivity index (χ3v) is 5.18. The lowest BCUT2D eigenvalue weighted by Gasteiger charge is -2.10. The van der Waals surface area contributed by atoms with Crippen molar-refractivity contribution in [3.05, 3.63) is 102 Å². The van der Waals surface area contributed by atoms with E-state index in [9.17, 15) is 0 Å². The Labute approximate surface area is 157 Å². The molecule has 0 N–H and O–H groups in total. The van der Waals surface area contributed by atoms with E-state index in [2.05, 4.69) is 83.4 Å². The van der Waals surface area contributed by atoms with Gasteiger partial charge in [-0.15, -0.1) is 0 Å². The van der Waals surface area contributed by atoms with Crippen LogP contribution in [0.3, 0.4) is 0 Å². The Bertz CT molecular complexity index is 1220. The molecule has 0 aliphatic carbocycles. The average Bonchev–Trinajstić information content (AvgIpc) is 3.04. The van der Waals surface area contributed by atoms with Gasteiger partial charge in [0, 0.05) is 27.0 Å². The lowest BCUT2D eigenvalue weighted by atomic mass is 9.99. The molecule has 5 rings (SSSR count). The minimum Gasteiger partial charge on any atom is -0.309 e. The van der Waals surface area contributed by atoms with Crippen LogP contribution in [-0.2, 0) is 0 Å². The fourth-order valence-electron chi connectivity index (χ4n) is 3.78. The van der Waals surface area contributed by atoms with Gasteiger partial charge in [0.1, 0.15) is 0 Å². The highest BCUT2D eigenvalue weighted by Gasteiger charge is 2.17. The van der Waals surface area contributed by atoms with Crippen molar-refractivity contribution in [1.82, 2.24) is 4.57 Å². The minimum atomic E-state index is 0.777. The van der Waals surface area contributed by atoms with E-state index in [1.54, 1.807) is 0 Å². The van der Waals surface area contributed by atoms with E-state index in [0.717, 1.165) is 21.8 Å². The highest BCUT2D eigenvalue weighted by molar-refractivity contribution is 6.36. The third kappa shape index (κ3) is 2.25. The summed E-state index contributed by atoms with van der Waals surface area (Å²) in [4.78, 5) is 0. The first-order chi connectivity index (χ1) is 12.8. The Morgan fingerprint density at radius 3 is 2.00 bits per heavy atom. The molecule has 5 aromatic rings. The van der Waals surface area contributed by atoms with Crippen LogP contribution in [0.25, 0.3) is 38.6 Å². The van der Waals surface area contributed by atoms with Crippen LogP contribution < -0.4 is 0 Å². The smallest absolute Gasteiger partial charge is 0.0548 e. The molecule has 0 saturated carbocycles. The van der Waals surface area contributed by atoms with Crippen LogP contribution in [0.2, 0.25) is 5.02 Å². The molecule has 0 aliphatic heterocycles. The maximum absolute atomic E-state index is 6.68. The third-order valence-electron chi connectivity index (χ3n) is 4.86. The van der Waals surface area contributed by atoms with Gasteiger partial charge in [0.2, 0.25) is 0 Å². The highest BCUT2D eigenvalue weighted by Crippen LogP contribution is 2.41. The zero-order valence-corrected chi connectivity index (χ0v) is 14.8. The summed E-state index contributed by atoms with van der Waals surface area (Å²) in [6.07, 6.45) is 0. The lowest BCUT2D eigenvalue weighted by Crippen LogP contribution is -1.93. The number of rotatable bonds is 2. The van der Waals surface area contributed by atoms with Crippen LogP contribution in [0, 0.1) is 0 Å². The summed E-state index contributed by atoms with van der Waals surface area (Å²) in [6, 6.07) is 33.5. The monoisotopic (exact) mass is 353 g/mol. The zero-order chi connectivity index (χ0) is 17.5. The zero-order valence-electron chi connectivity index (χ0n) is 14.1. The van der Waals surface area contributed by atoms with Gasteiger partial charge in [-0.2, -0.15) is 0 Å². The number of hydrogen-bond acceptors (Lipinski definition) is 0. The van der Waals surface area contributed by atoms with Crippen molar-refractivity contribution in [1.29, 1.82) is 0 Å². The summed E-state index contributed by atoms with van der Waals surface area (Å²) in [7, 11) is 0. The Kier molecular flexibility index (Phi) is 3.55. The molecule has 26 heavy (non-hydrogen) atoms. The number of para-hydroxylation sites is 2. The molecule has 124 valence electrons. The van der Waals surface area contributed by atoms with Crippen molar-refractivity contribution in [2.75, 3.05) is 0 Å². The maximum atomic E-state index is 6.68. The predicted octanol–water partition coefficient (Wildman–Crippen LogP) is 7.10. The van der Waals surface area contributed by atoms with Crippen molar-refractivity contribution in [2.24, 2.45) is 0 Å². The topological polar surface area (TPSA) is 4.93 Å². The number of fused-ring (bicyclic) bond motifs is 3. The van der Waals surface area contributed by atoms with E-state index in [0.29, 0.717) is 0 Å². The normalized spacial score (nSPS) is 11.3. The van der Waals surface area contributed by atoms with E-state index in [1.807, 2.05) is 18.2 Å². The summed E-state index contributed by atoms with van der Waals surface area (Å²) in [5.74, 6) is 0. The molecule has 4 aromatic carbocycles. The minimum absolute atomic E-state index is 0.777. The SMILES string of the molecule is Clc1ccc2c(c1-c1ccccc1)c1ccccc1n2-c1ccccc1. The molecule has 0 fully saturated rings. The largest absolute Gasteiger partial charge is 0.309 e. The van der Waals surface area contributed by atoms with Crippen LogP contribution in [0.4, 0.5) is 0 Å². The van der Waals surface area contributed by atoms with Gasteiger partial charge in [0.15, 0.2) is 0 Å². The van der Waals surface area contributed by atoms with Crippen molar-refractivity contribution < 1.29 is 0 Å². The van der Waals surface area contributed by atoms with Crippen molar-refractivity contribution in [3.63, 3.8) is 0 Å². The van der Waals surface area contributed by atoms with Gasteiger partial charge in [-0.05, 0) is 35.9 Å². The van der Waals surface area contributed by atoms with Crippen LogP contribution in [0.5, 0.6) is 0 Å². The predicted molar refractivity (Wildman–Crippen MR) is 111 cm³/mol. The van der Waals surface area contributed by atoms with Crippen LogP contribution in [0.1, 0.15) is 0 Å². The van der Waals surface area contributed by atoms with Crippen LogP contribution >= 0.6 is 11.6 Å². The molecule has 0 bridgehead atoms. The Balaban J connectivity index is 1.99. The molecule has 0 atom stereocenters. The summed E-state index contributed by atoms with van der Waals surface area (Å²) < 4.78 is 2.31. The second-order valence-corrected chi connectivity index (χ2v) is 6.78. The van der Waals surface area contributed by atoms with Gasteiger partial charge in [0.25, 0.3) is 0 Å². The second-order valence-electron chi connectivity index (χ2n) is 6.37.